The van der Waals surface area contributed by atoms with Crippen LogP contribution in [0.5, 0.6) is 0 Å². The Bertz CT molecular complexity index is 561. The van der Waals surface area contributed by atoms with E-state index in [1.807, 2.05) is 38.1 Å². The van der Waals surface area contributed by atoms with Gasteiger partial charge in [0.25, 0.3) is 0 Å². The molecule has 0 saturated heterocycles. The molecule has 0 saturated carbocycles. The van der Waals surface area contributed by atoms with Crippen LogP contribution in [0.1, 0.15) is 23.6 Å². The molecular weight excluding hydrogens is 293 g/mol. The van der Waals surface area contributed by atoms with Crippen LogP contribution in [-0.2, 0) is 5.54 Å². The predicted octanol–water partition coefficient (Wildman–Crippen LogP) is 4.12. The van der Waals surface area contributed by atoms with E-state index in [0.29, 0.717) is 10.0 Å². The molecule has 0 spiro atoms. The lowest BCUT2D eigenvalue weighted by Crippen LogP contribution is -2.35. The molecule has 0 aliphatic carbocycles. The highest BCUT2D eigenvalue weighted by molar-refractivity contribution is 9.10. The van der Waals surface area contributed by atoms with Crippen molar-refractivity contribution in [1.82, 2.24) is 0 Å². The average molecular weight is 308 g/mol. The SMILES string of the molecule is Cc1ccc(C(C)(N)c2cccc(Br)c2F)cc1. The summed E-state index contributed by atoms with van der Waals surface area (Å²) in [7, 11) is 0. The molecule has 18 heavy (non-hydrogen) atoms. The van der Waals surface area contributed by atoms with E-state index >= 15 is 0 Å². The Labute approximate surface area is 115 Å². The Kier molecular flexibility index (Phi) is 3.55. The predicted molar refractivity (Wildman–Crippen MR) is 75.9 cm³/mol. The molecule has 0 fully saturated rings. The molecule has 2 aromatic rings. The Balaban J connectivity index is 2.54. The Morgan fingerprint density at radius 3 is 2.33 bits per heavy atom. The number of aryl methyl sites for hydroxylation is 1. The van der Waals surface area contributed by atoms with Crippen LogP contribution in [0, 0.1) is 12.7 Å². The van der Waals surface area contributed by atoms with Crippen LogP contribution >= 0.6 is 15.9 Å². The number of hydrogen-bond acceptors (Lipinski definition) is 1. The van der Waals surface area contributed by atoms with Gasteiger partial charge in [-0.3, -0.25) is 0 Å². The first kappa shape index (κ1) is 13.2. The summed E-state index contributed by atoms with van der Waals surface area (Å²) >= 11 is 3.19. The maximum atomic E-state index is 14.1. The number of benzene rings is 2. The zero-order valence-electron chi connectivity index (χ0n) is 10.4. The summed E-state index contributed by atoms with van der Waals surface area (Å²) in [5.74, 6) is -0.303. The molecule has 2 N–H and O–H groups in total. The van der Waals surface area contributed by atoms with Crippen molar-refractivity contribution in [3.05, 3.63) is 69.4 Å². The first-order chi connectivity index (χ1) is 8.43. The first-order valence-electron chi connectivity index (χ1n) is 5.73. The molecular formula is C15H15BrFN. The molecule has 2 aromatic carbocycles. The topological polar surface area (TPSA) is 26.0 Å². The zero-order valence-corrected chi connectivity index (χ0v) is 12.0. The van der Waals surface area contributed by atoms with Crippen LogP contribution in [0.4, 0.5) is 4.39 Å². The highest BCUT2D eigenvalue weighted by atomic mass is 79.9. The summed E-state index contributed by atoms with van der Waals surface area (Å²) in [5, 5.41) is 0. The number of nitrogens with two attached hydrogens (primary N) is 1. The van der Waals surface area contributed by atoms with Crippen molar-refractivity contribution in [1.29, 1.82) is 0 Å². The van der Waals surface area contributed by atoms with Gasteiger partial charge < -0.3 is 5.73 Å². The second kappa shape index (κ2) is 4.82. The standard InChI is InChI=1S/C15H15BrFN/c1-10-6-8-11(9-7-10)15(2,18)12-4-3-5-13(16)14(12)17/h3-9H,18H2,1-2H3. The normalized spacial score (nSPS) is 14.3. The van der Waals surface area contributed by atoms with Crippen molar-refractivity contribution >= 4 is 15.9 Å². The van der Waals surface area contributed by atoms with E-state index in [1.165, 1.54) is 0 Å². The van der Waals surface area contributed by atoms with Crippen molar-refractivity contribution in [2.45, 2.75) is 19.4 Å². The minimum Gasteiger partial charge on any atom is -0.318 e. The highest BCUT2D eigenvalue weighted by Crippen LogP contribution is 2.31. The fourth-order valence-electron chi connectivity index (χ4n) is 1.96. The summed E-state index contributed by atoms with van der Waals surface area (Å²) < 4.78 is 14.6. The molecule has 1 atom stereocenters. The monoisotopic (exact) mass is 307 g/mol. The third kappa shape index (κ3) is 2.33. The lowest BCUT2D eigenvalue weighted by Gasteiger charge is -2.27. The van der Waals surface area contributed by atoms with Crippen molar-refractivity contribution in [3.8, 4) is 0 Å². The first-order valence-corrected chi connectivity index (χ1v) is 6.53. The minimum atomic E-state index is -0.846. The molecule has 1 unspecified atom stereocenters. The second-order valence-corrected chi connectivity index (χ2v) is 5.52. The van der Waals surface area contributed by atoms with Crippen LogP contribution in [0.25, 0.3) is 0 Å². The number of rotatable bonds is 2. The third-order valence-electron chi connectivity index (χ3n) is 3.16. The van der Waals surface area contributed by atoms with E-state index in [2.05, 4.69) is 15.9 Å². The van der Waals surface area contributed by atoms with E-state index in [-0.39, 0.29) is 5.82 Å². The smallest absolute Gasteiger partial charge is 0.142 e. The maximum absolute atomic E-state index is 14.1. The van der Waals surface area contributed by atoms with Crippen LogP contribution in [-0.4, -0.2) is 0 Å². The molecule has 1 nitrogen and oxygen atoms in total. The van der Waals surface area contributed by atoms with Crippen LogP contribution in [0.3, 0.4) is 0 Å². The molecule has 0 aromatic heterocycles. The van der Waals surface area contributed by atoms with E-state index in [0.717, 1.165) is 11.1 Å². The fraction of sp³-hybridized carbons (Fsp3) is 0.200. The van der Waals surface area contributed by atoms with Crippen molar-refractivity contribution in [2.75, 3.05) is 0 Å². The third-order valence-corrected chi connectivity index (χ3v) is 3.77. The molecule has 0 heterocycles. The molecule has 2 rings (SSSR count). The summed E-state index contributed by atoms with van der Waals surface area (Å²) in [5.41, 5.74) is 8.01. The van der Waals surface area contributed by atoms with E-state index in [4.69, 9.17) is 5.73 Å². The molecule has 0 aliphatic rings. The Hall–Kier alpha value is -1.19. The summed E-state index contributed by atoms with van der Waals surface area (Å²) in [6.07, 6.45) is 0. The number of halogens is 2. The average Bonchev–Trinajstić information content (AvgIpc) is 2.33. The van der Waals surface area contributed by atoms with Gasteiger partial charge in [-0.1, -0.05) is 42.0 Å². The fourth-order valence-corrected chi connectivity index (χ4v) is 2.33. The molecule has 0 amide bonds. The number of hydrogen-bond donors (Lipinski definition) is 1. The second-order valence-electron chi connectivity index (χ2n) is 4.67. The minimum absolute atomic E-state index is 0.303. The van der Waals surface area contributed by atoms with E-state index in [9.17, 15) is 4.39 Å². The Morgan fingerprint density at radius 2 is 1.72 bits per heavy atom. The van der Waals surface area contributed by atoms with Gasteiger partial charge in [-0.2, -0.15) is 0 Å². The van der Waals surface area contributed by atoms with Crippen LogP contribution in [0.2, 0.25) is 0 Å². The van der Waals surface area contributed by atoms with E-state index < -0.39 is 5.54 Å². The largest absolute Gasteiger partial charge is 0.318 e. The summed E-state index contributed by atoms with van der Waals surface area (Å²) in [6, 6.07) is 13.0. The van der Waals surface area contributed by atoms with Crippen molar-refractivity contribution in [2.24, 2.45) is 5.73 Å². The van der Waals surface area contributed by atoms with Crippen LogP contribution < -0.4 is 5.73 Å². The van der Waals surface area contributed by atoms with Gasteiger partial charge in [-0.15, -0.1) is 0 Å². The highest BCUT2D eigenvalue weighted by Gasteiger charge is 2.27. The molecule has 0 bridgehead atoms. The van der Waals surface area contributed by atoms with E-state index in [1.54, 1.807) is 18.2 Å². The van der Waals surface area contributed by atoms with Gasteiger partial charge >= 0.3 is 0 Å². The van der Waals surface area contributed by atoms with Gasteiger partial charge in [-0.05, 0) is 41.4 Å². The summed E-state index contributed by atoms with van der Waals surface area (Å²) in [4.78, 5) is 0. The molecule has 3 heteroatoms. The molecule has 94 valence electrons. The van der Waals surface area contributed by atoms with Gasteiger partial charge in [0, 0.05) is 5.56 Å². The zero-order chi connectivity index (χ0) is 13.3. The summed E-state index contributed by atoms with van der Waals surface area (Å²) in [6.45, 7) is 3.83. The lowest BCUT2D eigenvalue weighted by atomic mass is 9.85. The quantitative estimate of drug-likeness (QED) is 0.887. The van der Waals surface area contributed by atoms with Gasteiger partial charge in [0.2, 0.25) is 0 Å². The van der Waals surface area contributed by atoms with Gasteiger partial charge in [-0.25, -0.2) is 4.39 Å². The van der Waals surface area contributed by atoms with Gasteiger partial charge in [0.15, 0.2) is 0 Å². The Morgan fingerprint density at radius 1 is 1.11 bits per heavy atom. The van der Waals surface area contributed by atoms with Crippen molar-refractivity contribution in [3.63, 3.8) is 0 Å². The molecule has 0 radical (unpaired) electrons. The van der Waals surface area contributed by atoms with Crippen molar-refractivity contribution < 1.29 is 4.39 Å². The molecule has 0 aliphatic heterocycles. The lowest BCUT2D eigenvalue weighted by molar-refractivity contribution is 0.527. The van der Waals surface area contributed by atoms with Gasteiger partial charge in [0.05, 0.1) is 10.0 Å². The van der Waals surface area contributed by atoms with Gasteiger partial charge in [0.1, 0.15) is 5.82 Å². The maximum Gasteiger partial charge on any atom is 0.142 e. The van der Waals surface area contributed by atoms with Crippen LogP contribution in [0.15, 0.2) is 46.9 Å².